The van der Waals surface area contributed by atoms with E-state index in [2.05, 4.69) is 11.8 Å². The molecule has 0 spiro atoms. The van der Waals surface area contributed by atoms with E-state index in [1.807, 2.05) is 24.3 Å². The predicted octanol–water partition coefficient (Wildman–Crippen LogP) is 1.81. The lowest BCUT2D eigenvalue weighted by Gasteiger charge is -1.97. The van der Waals surface area contributed by atoms with Crippen LogP contribution in [-0.2, 0) is 6.42 Å². The second kappa shape index (κ2) is 5.64. The van der Waals surface area contributed by atoms with E-state index < -0.39 is 0 Å². The third kappa shape index (κ3) is 3.50. The van der Waals surface area contributed by atoms with Gasteiger partial charge in [-0.1, -0.05) is 24.0 Å². The van der Waals surface area contributed by atoms with Crippen molar-refractivity contribution in [1.82, 2.24) is 0 Å². The number of halogens is 1. The number of rotatable bonds is 2. The van der Waals surface area contributed by atoms with E-state index in [0.29, 0.717) is 12.3 Å². The van der Waals surface area contributed by atoms with E-state index >= 15 is 0 Å². The average molecular weight is 195 g/mol. The lowest BCUT2D eigenvalue weighted by Crippen LogP contribution is -1.90. The van der Waals surface area contributed by atoms with Gasteiger partial charge in [0, 0.05) is 12.2 Å². The minimum absolute atomic E-state index is 0.173. The van der Waals surface area contributed by atoms with Crippen molar-refractivity contribution in [3.05, 3.63) is 35.4 Å². The molecule has 13 heavy (non-hydrogen) atoms. The van der Waals surface area contributed by atoms with Gasteiger partial charge in [0.25, 0.3) is 0 Å². The van der Waals surface area contributed by atoms with Crippen LogP contribution < -0.4 is 0 Å². The minimum atomic E-state index is 0.173. The molecule has 1 rings (SSSR count). The maximum absolute atomic E-state index is 8.73. The summed E-state index contributed by atoms with van der Waals surface area (Å²) < 4.78 is 0. The Morgan fingerprint density at radius 1 is 1.38 bits per heavy atom. The molecule has 0 fully saturated rings. The van der Waals surface area contributed by atoms with Crippen LogP contribution in [0, 0.1) is 11.8 Å². The highest BCUT2D eigenvalue weighted by molar-refractivity contribution is 6.19. The number of hydrogen-bond donors (Lipinski definition) is 1. The Morgan fingerprint density at radius 3 is 2.92 bits per heavy atom. The number of aliphatic hydroxyl groups excluding tert-OH is 1. The molecular weight excluding hydrogens is 184 g/mol. The molecule has 0 aliphatic heterocycles. The quantitative estimate of drug-likeness (QED) is 0.563. The van der Waals surface area contributed by atoms with Gasteiger partial charge in [-0.05, 0) is 24.1 Å². The lowest BCUT2D eigenvalue weighted by molar-refractivity contribution is 0.299. The minimum Gasteiger partial charge on any atom is -0.396 e. The largest absolute Gasteiger partial charge is 0.396 e. The monoisotopic (exact) mass is 194 g/mol. The summed E-state index contributed by atoms with van der Waals surface area (Å²) in [6.45, 7) is 0.173. The summed E-state index contributed by atoms with van der Waals surface area (Å²) in [5, 5.41) is 8.73. The molecule has 0 unspecified atom stereocenters. The fourth-order valence-electron chi connectivity index (χ4n) is 1.07. The zero-order chi connectivity index (χ0) is 9.52. The molecule has 0 atom stereocenters. The number of hydrogen-bond acceptors (Lipinski definition) is 1. The predicted molar refractivity (Wildman–Crippen MR) is 54.8 cm³/mol. The first kappa shape index (κ1) is 10.1. The third-order valence-corrected chi connectivity index (χ3v) is 1.76. The highest BCUT2D eigenvalue weighted by Gasteiger charge is 1.91. The van der Waals surface area contributed by atoms with E-state index in [1.165, 1.54) is 0 Å². The molecule has 1 aromatic carbocycles. The van der Waals surface area contributed by atoms with E-state index in [1.54, 1.807) is 0 Å². The molecule has 1 nitrogen and oxygen atoms in total. The molecule has 0 aliphatic rings. The summed E-state index contributed by atoms with van der Waals surface area (Å²) in [7, 11) is 0. The summed E-state index contributed by atoms with van der Waals surface area (Å²) in [5.41, 5.74) is 2.05. The van der Waals surface area contributed by atoms with Crippen molar-refractivity contribution < 1.29 is 5.11 Å². The fraction of sp³-hybridized carbons (Fsp3) is 0.273. The molecular formula is C11H11ClO. The second-order valence-corrected chi connectivity index (χ2v) is 2.88. The lowest BCUT2D eigenvalue weighted by atomic mass is 10.1. The Kier molecular flexibility index (Phi) is 4.39. The van der Waals surface area contributed by atoms with Crippen molar-refractivity contribution in [3.8, 4) is 11.8 Å². The Hall–Kier alpha value is -0.970. The first-order valence-electron chi connectivity index (χ1n) is 4.11. The van der Waals surface area contributed by atoms with Gasteiger partial charge in [-0.15, -0.1) is 11.6 Å². The Balaban J connectivity index is 2.79. The number of aliphatic hydroxyl groups is 1. The van der Waals surface area contributed by atoms with Gasteiger partial charge in [-0.2, -0.15) is 0 Å². The zero-order valence-corrected chi connectivity index (χ0v) is 8.01. The van der Waals surface area contributed by atoms with Crippen LogP contribution in [0.2, 0.25) is 0 Å². The molecule has 0 saturated heterocycles. The molecule has 0 amide bonds. The van der Waals surface area contributed by atoms with Gasteiger partial charge in [-0.25, -0.2) is 0 Å². The van der Waals surface area contributed by atoms with Gasteiger partial charge < -0.3 is 5.11 Å². The van der Waals surface area contributed by atoms with E-state index in [9.17, 15) is 0 Å². The molecule has 0 aromatic heterocycles. The zero-order valence-electron chi connectivity index (χ0n) is 7.26. The molecule has 1 N–H and O–H groups in total. The van der Waals surface area contributed by atoms with Crippen molar-refractivity contribution in [2.45, 2.75) is 6.42 Å². The topological polar surface area (TPSA) is 20.2 Å². The highest BCUT2D eigenvalue weighted by Crippen LogP contribution is 2.04. The smallest absolute Gasteiger partial charge is 0.0839 e. The second-order valence-electron chi connectivity index (χ2n) is 2.61. The van der Waals surface area contributed by atoms with Crippen LogP contribution >= 0.6 is 11.6 Å². The van der Waals surface area contributed by atoms with Crippen molar-refractivity contribution in [2.24, 2.45) is 0 Å². The average Bonchev–Trinajstić information content (AvgIpc) is 2.16. The first-order chi connectivity index (χ1) is 6.36. The highest BCUT2D eigenvalue weighted by atomic mass is 35.5. The molecule has 0 radical (unpaired) electrons. The van der Waals surface area contributed by atoms with Gasteiger partial charge in [0.2, 0.25) is 0 Å². The van der Waals surface area contributed by atoms with Gasteiger partial charge >= 0.3 is 0 Å². The normalized spacial score (nSPS) is 9.08. The molecule has 68 valence electrons. The third-order valence-electron chi connectivity index (χ3n) is 1.63. The summed E-state index contributed by atoms with van der Waals surface area (Å²) in [6.07, 6.45) is 0.677. The summed E-state index contributed by atoms with van der Waals surface area (Å²) in [6, 6.07) is 7.81. The Morgan fingerprint density at radius 2 is 2.23 bits per heavy atom. The fourth-order valence-corrected chi connectivity index (χ4v) is 1.14. The van der Waals surface area contributed by atoms with Crippen molar-refractivity contribution in [3.63, 3.8) is 0 Å². The van der Waals surface area contributed by atoms with Crippen molar-refractivity contribution >= 4 is 11.6 Å². The van der Waals surface area contributed by atoms with Gasteiger partial charge in [0.15, 0.2) is 0 Å². The van der Waals surface area contributed by atoms with Crippen molar-refractivity contribution in [2.75, 3.05) is 12.5 Å². The SMILES string of the molecule is OCCc1cccc(C#CCCl)c1. The summed E-state index contributed by atoms with van der Waals surface area (Å²) >= 11 is 5.44. The Bertz CT molecular complexity index is 322. The maximum Gasteiger partial charge on any atom is 0.0839 e. The standard InChI is InChI=1S/C11H11ClO/c12-7-2-5-10-3-1-4-11(9-10)6-8-13/h1,3-4,9,13H,6-8H2. The molecule has 2 heteroatoms. The van der Waals surface area contributed by atoms with E-state index in [4.69, 9.17) is 16.7 Å². The van der Waals surface area contributed by atoms with E-state index in [-0.39, 0.29) is 6.61 Å². The van der Waals surface area contributed by atoms with Crippen LogP contribution in [-0.4, -0.2) is 17.6 Å². The molecule has 0 saturated carbocycles. The van der Waals surface area contributed by atoms with E-state index in [0.717, 1.165) is 11.1 Å². The van der Waals surface area contributed by atoms with Crippen molar-refractivity contribution in [1.29, 1.82) is 0 Å². The van der Waals surface area contributed by atoms with Crippen LogP contribution in [0.4, 0.5) is 0 Å². The van der Waals surface area contributed by atoms with Gasteiger partial charge in [0.05, 0.1) is 5.88 Å². The number of alkyl halides is 1. The summed E-state index contributed by atoms with van der Waals surface area (Å²) in [4.78, 5) is 0. The number of benzene rings is 1. The molecule has 0 aliphatic carbocycles. The van der Waals surface area contributed by atoms with Crippen LogP contribution in [0.15, 0.2) is 24.3 Å². The Labute approximate surface area is 83.4 Å². The van der Waals surface area contributed by atoms with Gasteiger partial charge in [-0.3, -0.25) is 0 Å². The molecule has 0 heterocycles. The van der Waals surface area contributed by atoms with Gasteiger partial charge in [0.1, 0.15) is 0 Å². The first-order valence-corrected chi connectivity index (χ1v) is 4.65. The molecule has 1 aromatic rings. The van der Waals surface area contributed by atoms with Crippen LogP contribution in [0.5, 0.6) is 0 Å². The van der Waals surface area contributed by atoms with Crippen LogP contribution in [0.3, 0.4) is 0 Å². The van der Waals surface area contributed by atoms with Crippen LogP contribution in [0.25, 0.3) is 0 Å². The van der Waals surface area contributed by atoms with Crippen LogP contribution in [0.1, 0.15) is 11.1 Å². The maximum atomic E-state index is 8.73. The molecule has 0 bridgehead atoms. The summed E-state index contributed by atoms with van der Waals surface area (Å²) in [5.74, 6) is 6.07.